The number of benzene rings is 2. The molecule has 2 N–H and O–H groups in total. The van der Waals surface area contributed by atoms with E-state index in [0.717, 1.165) is 12.8 Å². The van der Waals surface area contributed by atoms with E-state index in [2.05, 4.69) is 10.6 Å². The molecule has 2 amide bonds. The lowest BCUT2D eigenvalue weighted by Gasteiger charge is -2.18. The monoisotopic (exact) mass is 442 g/mol. The maximum absolute atomic E-state index is 12.6. The van der Waals surface area contributed by atoms with Gasteiger partial charge < -0.3 is 29.6 Å². The topological polar surface area (TPSA) is 112 Å². The van der Waals surface area contributed by atoms with E-state index in [-0.39, 0.29) is 17.5 Å². The largest absolute Gasteiger partial charge is 0.493 e. The van der Waals surface area contributed by atoms with Gasteiger partial charge in [0.25, 0.3) is 11.8 Å². The molecule has 0 radical (unpaired) electrons. The highest BCUT2D eigenvalue weighted by atomic mass is 16.5. The molecule has 32 heavy (non-hydrogen) atoms. The van der Waals surface area contributed by atoms with E-state index in [9.17, 15) is 14.4 Å². The number of hydrogen-bond donors (Lipinski definition) is 2. The summed E-state index contributed by atoms with van der Waals surface area (Å²) in [6.45, 7) is -0.421. The molecule has 1 atom stereocenters. The number of hydrogen-bond acceptors (Lipinski definition) is 7. The summed E-state index contributed by atoms with van der Waals surface area (Å²) in [4.78, 5) is 37.6. The molecule has 1 aliphatic carbocycles. The first-order chi connectivity index (χ1) is 15.5. The van der Waals surface area contributed by atoms with Crippen LogP contribution in [0.15, 0.2) is 42.5 Å². The summed E-state index contributed by atoms with van der Waals surface area (Å²) in [5.41, 5.74) is 0.758. The average molecular weight is 442 g/mol. The minimum Gasteiger partial charge on any atom is -0.493 e. The van der Waals surface area contributed by atoms with E-state index in [1.165, 1.54) is 33.5 Å². The third-order valence-electron chi connectivity index (χ3n) is 4.83. The van der Waals surface area contributed by atoms with Crippen LogP contribution in [-0.4, -0.2) is 51.7 Å². The second-order valence-electron chi connectivity index (χ2n) is 7.16. The highest BCUT2D eigenvalue weighted by Gasteiger charge is 2.31. The van der Waals surface area contributed by atoms with Crippen LogP contribution in [0, 0.1) is 0 Å². The number of methoxy groups -OCH3 is 3. The van der Waals surface area contributed by atoms with Gasteiger partial charge in [0.1, 0.15) is 6.54 Å². The Morgan fingerprint density at radius 2 is 1.59 bits per heavy atom. The van der Waals surface area contributed by atoms with Crippen molar-refractivity contribution in [1.82, 2.24) is 10.6 Å². The Morgan fingerprint density at radius 1 is 0.969 bits per heavy atom. The Balaban J connectivity index is 1.66. The molecule has 9 nitrogen and oxygen atoms in total. The Morgan fingerprint density at radius 3 is 2.12 bits per heavy atom. The van der Waals surface area contributed by atoms with Crippen molar-refractivity contribution >= 4 is 17.8 Å². The summed E-state index contributed by atoms with van der Waals surface area (Å²) >= 11 is 0. The van der Waals surface area contributed by atoms with Crippen LogP contribution in [0.1, 0.15) is 34.9 Å². The second-order valence-corrected chi connectivity index (χ2v) is 7.16. The molecule has 1 saturated carbocycles. The Kier molecular flexibility index (Phi) is 7.54. The second kappa shape index (κ2) is 10.5. The van der Waals surface area contributed by atoms with Gasteiger partial charge in [0.05, 0.1) is 21.3 Å². The highest BCUT2D eigenvalue weighted by Crippen LogP contribution is 2.38. The van der Waals surface area contributed by atoms with Gasteiger partial charge in [-0.1, -0.05) is 30.3 Å². The average Bonchev–Trinajstić information content (AvgIpc) is 3.64. The third kappa shape index (κ3) is 5.69. The summed E-state index contributed by atoms with van der Waals surface area (Å²) in [6, 6.07) is 11.8. The van der Waals surface area contributed by atoms with Crippen LogP contribution in [0.3, 0.4) is 0 Å². The summed E-state index contributed by atoms with van der Waals surface area (Å²) < 4.78 is 21.1. The zero-order valence-electron chi connectivity index (χ0n) is 18.2. The number of ether oxygens (including phenoxy) is 4. The molecule has 3 rings (SSSR count). The van der Waals surface area contributed by atoms with Crippen molar-refractivity contribution in [3.8, 4) is 17.2 Å². The first-order valence-electron chi connectivity index (χ1n) is 10.1. The predicted molar refractivity (Wildman–Crippen MR) is 115 cm³/mol. The maximum Gasteiger partial charge on any atom is 0.326 e. The van der Waals surface area contributed by atoms with Gasteiger partial charge in [0, 0.05) is 17.2 Å². The van der Waals surface area contributed by atoms with Gasteiger partial charge in [-0.2, -0.15) is 0 Å². The number of amides is 2. The molecule has 0 aromatic heterocycles. The van der Waals surface area contributed by atoms with Crippen molar-refractivity contribution in [2.45, 2.75) is 25.0 Å². The minimum atomic E-state index is -1.10. The number of rotatable bonds is 10. The first kappa shape index (κ1) is 22.9. The molecule has 0 bridgehead atoms. The molecule has 2 aromatic rings. The molecule has 0 spiro atoms. The maximum atomic E-state index is 12.6. The van der Waals surface area contributed by atoms with Gasteiger partial charge >= 0.3 is 5.97 Å². The quantitative estimate of drug-likeness (QED) is 0.541. The lowest BCUT2D eigenvalue weighted by Crippen LogP contribution is -2.36. The molecule has 1 fully saturated rings. The summed E-state index contributed by atoms with van der Waals surface area (Å²) in [5.74, 6) is -0.715. The van der Waals surface area contributed by atoms with Crippen molar-refractivity contribution in [2.24, 2.45) is 0 Å². The van der Waals surface area contributed by atoms with E-state index in [0.29, 0.717) is 22.8 Å². The van der Waals surface area contributed by atoms with Crippen molar-refractivity contribution in [3.63, 3.8) is 0 Å². The first-order valence-corrected chi connectivity index (χ1v) is 10.1. The van der Waals surface area contributed by atoms with Gasteiger partial charge in [-0.3, -0.25) is 14.4 Å². The number of carbonyl (C=O) groups excluding carboxylic acids is 3. The summed E-state index contributed by atoms with van der Waals surface area (Å²) in [7, 11) is 4.33. The summed E-state index contributed by atoms with van der Waals surface area (Å²) in [6.07, 6.45) is 0.723. The Hall–Kier alpha value is -3.75. The van der Waals surface area contributed by atoms with E-state index >= 15 is 0 Å². The third-order valence-corrected chi connectivity index (χ3v) is 4.83. The Labute approximate surface area is 186 Å². The molecule has 2 aromatic carbocycles. The fourth-order valence-corrected chi connectivity index (χ4v) is 3.05. The molecule has 0 heterocycles. The fraction of sp³-hybridized carbons (Fsp3) is 0.348. The molecule has 0 saturated heterocycles. The minimum absolute atomic E-state index is 0.118. The van der Waals surface area contributed by atoms with Crippen LogP contribution >= 0.6 is 0 Å². The van der Waals surface area contributed by atoms with Crippen molar-refractivity contribution in [2.75, 3.05) is 27.9 Å². The van der Waals surface area contributed by atoms with Crippen LogP contribution in [0.25, 0.3) is 0 Å². The van der Waals surface area contributed by atoms with E-state index in [4.69, 9.17) is 18.9 Å². The van der Waals surface area contributed by atoms with E-state index in [1.807, 2.05) is 0 Å². The lowest BCUT2D eigenvalue weighted by molar-refractivity contribution is -0.155. The number of carbonyl (C=O) groups is 3. The van der Waals surface area contributed by atoms with Crippen LogP contribution in [-0.2, 0) is 14.3 Å². The highest BCUT2D eigenvalue weighted by molar-refractivity contribution is 5.97. The van der Waals surface area contributed by atoms with Crippen molar-refractivity contribution < 1.29 is 33.3 Å². The molecular weight excluding hydrogens is 416 g/mol. The van der Waals surface area contributed by atoms with Crippen LogP contribution in [0.5, 0.6) is 17.2 Å². The standard InChI is InChI=1S/C23H26N2O7/c1-29-17-11-15(12-18(30-2)21(17)31-3)22(27)24-13-19(26)32-20(14-7-5-4-6-8-14)23(28)25-16-9-10-16/h4-8,11-12,16,20H,9-10,13H2,1-3H3,(H,24,27)(H,25,28). The normalized spacial score (nSPS) is 13.5. The molecule has 0 aliphatic heterocycles. The summed E-state index contributed by atoms with van der Waals surface area (Å²) in [5, 5.41) is 5.33. The van der Waals surface area contributed by atoms with Crippen LogP contribution in [0.2, 0.25) is 0 Å². The van der Waals surface area contributed by atoms with E-state index < -0.39 is 24.5 Å². The molecule has 170 valence electrons. The van der Waals surface area contributed by atoms with Crippen LogP contribution in [0.4, 0.5) is 0 Å². The number of esters is 1. The van der Waals surface area contributed by atoms with Gasteiger partial charge in [0.15, 0.2) is 11.5 Å². The van der Waals surface area contributed by atoms with Crippen molar-refractivity contribution in [1.29, 1.82) is 0 Å². The molecular formula is C23H26N2O7. The van der Waals surface area contributed by atoms with Crippen LogP contribution < -0.4 is 24.8 Å². The SMILES string of the molecule is COc1cc(C(=O)NCC(=O)OC(C(=O)NC2CC2)c2ccccc2)cc(OC)c1OC. The fourth-order valence-electron chi connectivity index (χ4n) is 3.05. The van der Waals surface area contributed by atoms with E-state index in [1.54, 1.807) is 30.3 Å². The predicted octanol–water partition coefficient (Wildman–Crippen LogP) is 2.01. The zero-order chi connectivity index (χ0) is 23.1. The Bertz CT molecular complexity index is 949. The van der Waals surface area contributed by atoms with Crippen molar-refractivity contribution in [3.05, 3.63) is 53.6 Å². The van der Waals surface area contributed by atoms with Gasteiger partial charge in [-0.15, -0.1) is 0 Å². The molecule has 9 heteroatoms. The lowest BCUT2D eigenvalue weighted by atomic mass is 10.1. The molecule has 1 aliphatic rings. The molecule has 1 unspecified atom stereocenters. The van der Waals surface area contributed by atoms with Gasteiger partial charge in [0.2, 0.25) is 11.9 Å². The van der Waals surface area contributed by atoms with Gasteiger partial charge in [-0.25, -0.2) is 0 Å². The number of nitrogens with one attached hydrogen (secondary N) is 2. The smallest absolute Gasteiger partial charge is 0.326 e. The van der Waals surface area contributed by atoms with Gasteiger partial charge in [-0.05, 0) is 25.0 Å². The zero-order valence-corrected chi connectivity index (χ0v) is 18.2.